The summed E-state index contributed by atoms with van der Waals surface area (Å²) in [6.45, 7) is 16.3. The van der Waals surface area contributed by atoms with E-state index in [4.69, 9.17) is 19.9 Å². The topological polar surface area (TPSA) is 161 Å². The van der Waals surface area contributed by atoms with Gasteiger partial charge in [0.05, 0.1) is 25.3 Å². The zero-order valence-electron chi connectivity index (χ0n) is 33.2. The molecule has 5 rings (SSSR count). The number of nitrogens with zero attached hydrogens (tertiary/aromatic N) is 2. The van der Waals surface area contributed by atoms with Crippen molar-refractivity contribution in [2.75, 3.05) is 20.2 Å². The molecule has 292 valence electrons. The first-order valence-electron chi connectivity index (χ1n) is 19.4. The Morgan fingerprint density at radius 2 is 1.81 bits per heavy atom. The van der Waals surface area contributed by atoms with E-state index in [-0.39, 0.29) is 36.9 Å². The Morgan fingerprint density at radius 3 is 2.40 bits per heavy atom. The van der Waals surface area contributed by atoms with Gasteiger partial charge in [0.15, 0.2) is 6.54 Å². The average molecular weight is 745 g/mol. The monoisotopic (exact) mass is 744 g/mol. The van der Waals surface area contributed by atoms with Crippen LogP contribution in [0.25, 0.3) is 10.9 Å². The zero-order chi connectivity index (χ0) is 38.8. The molecule has 1 aromatic carbocycles. The maximum Gasteiger partial charge on any atom is 0.278 e. The third-order valence-corrected chi connectivity index (χ3v) is 9.88. The molecule has 2 aliphatic carbocycles. The number of pyridine rings is 1. The van der Waals surface area contributed by atoms with E-state index in [1.807, 2.05) is 60.6 Å². The fraction of sp³-hybridized carbons (Fsp3) is 0.650. The molecule has 3 fully saturated rings. The van der Waals surface area contributed by atoms with Gasteiger partial charge in [-0.2, -0.15) is 0 Å². The molecule has 6 N–H and O–H groups in total. The van der Waals surface area contributed by atoms with Crippen LogP contribution in [0.2, 0.25) is 0 Å². The number of ether oxygens (including phenoxy) is 3. The number of rotatable bonds is 16. The molecule has 1 aromatic heterocycles. The van der Waals surface area contributed by atoms with Crippen molar-refractivity contribution in [3.05, 3.63) is 35.9 Å². The minimum atomic E-state index is -0.703. The third-order valence-electron chi connectivity index (χ3n) is 8.75. The van der Waals surface area contributed by atoms with Crippen LogP contribution in [-0.2, 0) is 14.4 Å². The fourth-order valence-corrected chi connectivity index (χ4v) is 6.63. The summed E-state index contributed by atoms with van der Waals surface area (Å²) in [5, 5.41) is 1.50. The first-order valence-corrected chi connectivity index (χ1v) is 20.3. The number of quaternary nitrogens is 1. The number of hydrogen-bond donors (Lipinski definition) is 3. The number of unbranched alkanes of at least 4 members (excludes halogenated alkanes) is 4. The van der Waals surface area contributed by atoms with E-state index in [0.29, 0.717) is 40.5 Å². The summed E-state index contributed by atoms with van der Waals surface area (Å²) in [5.74, 6) is 1.98. The number of carbonyl (C=O) groups excluding carboxylic acids is 3. The van der Waals surface area contributed by atoms with Gasteiger partial charge in [0.1, 0.15) is 23.6 Å². The second-order valence-corrected chi connectivity index (χ2v) is 14.3. The molecule has 3 amide bonds. The molecule has 2 heterocycles. The molecule has 3 unspecified atom stereocenters. The summed E-state index contributed by atoms with van der Waals surface area (Å²) in [6.07, 6.45) is 14.5. The Bertz CT molecular complexity index is 1450. The molecule has 2 saturated carbocycles. The van der Waals surface area contributed by atoms with Crippen LogP contribution in [-0.4, -0.2) is 71.3 Å². The van der Waals surface area contributed by atoms with Gasteiger partial charge in [0.2, 0.25) is 17.7 Å². The second kappa shape index (κ2) is 23.2. The van der Waals surface area contributed by atoms with E-state index in [1.54, 1.807) is 25.1 Å². The van der Waals surface area contributed by atoms with Gasteiger partial charge in [-0.3, -0.25) is 19.1 Å². The number of aryl methyl sites for hydroxylation is 1. The van der Waals surface area contributed by atoms with Crippen LogP contribution < -0.4 is 30.4 Å². The Morgan fingerprint density at radius 1 is 1.10 bits per heavy atom. The highest BCUT2D eigenvalue weighted by atomic mass is 32.2. The summed E-state index contributed by atoms with van der Waals surface area (Å²) in [6, 6.07) is 4.77. The molecule has 0 spiro atoms. The number of allylic oxidation sites excluding steroid dienone is 2. The van der Waals surface area contributed by atoms with E-state index in [2.05, 4.69) is 34.5 Å². The molecule has 11 nitrogen and oxygen atoms in total. The molecular formula is C40H66N5O6S+. The van der Waals surface area contributed by atoms with Gasteiger partial charge in [-0.1, -0.05) is 66.0 Å². The van der Waals surface area contributed by atoms with Crippen LogP contribution >= 0.6 is 11.9 Å². The number of nitrogens with one attached hydrogen (secondary N) is 1. The summed E-state index contributed by atoms with van der Waals surface area (Å²) >= 11 is 1.63. The van der Waals surface area contributed by atoms with Gasteiger partial charge in [-0.15, -0.1) is 0 Å². The van der Waals surface area contributed by atoms with E-state index in [1.165, 1.54) is 49.8 Å². The molecule has 1 saturated heterocycles. The fourth-order valence-electron chi connectivity index (χ4n) is 5.82. The highest BCUT2D eigenvalue weighted by Gasteiger charge is 2.42. The minimum absolute atomic E-state index is 0.0556. The Kier molecular flexibility index (Phi) is 19.9. The highest BCUT2D eigenvalue weighted by molar-refractivity contribution is 7.98. The van der Waals surface area contributed by atoms with Crippen molar-refractivity contribution in [2.45, 2.75) is 137 Å². The predicted octanol–water partition coefficient (Wildman–Crippen LogP) is 6.54. The number of aromatic nitrogens is 1. The lowest BCUT2D eigenvalue weighted by Crippen LogP contribution is -2.59. The minimum Gasteiger partial charge on any atom is -0.496 e. The van der Waals surface area contributed by atoms with E-state index < -0.39 is 18.1 Å². The normalized spacial score (nSPS) is 20.2. The molecule has 12 heteroatoms. The van der Waals surface area contributed by atoms with Crippen molar-refractivity contribution in [3.8, 4) is 17.4 Å². The average Bonchev–Trinajstić information content (AvgIpc) is 4.08. The molecular weight excluding hydrogens is 679 g/mol. The molecule has 2 aromatic rings. The molecule has 52 heavy (non-hydrogen) atoms. The van der Waals surface area contributed by atoms with E-state index in [0.717, 1.165) is 17.4 Å². The van der Waals surface area contributed by atoms with E-state index in [9.17, 15) is 14.4 Å². The Balaban J connectivity index is 0.000000363. The van der Waals surface area contributed by atoms with Gasteiger partial charge in [0, 0.05) is 34.6 Å². The smallest absolute Gasteiger partial charge is 0.278 e. The van der Waals surface area contributed by atoms with Gasteiger partial charge in [-0.25, -0.2) is 4.98 Å². The molecule has 3 aliphatic rings. The summed E-state index contributed by atoms with van der Waals surface area (Å²) in [7, 11) is 1.61. The molecule has 1 aliphatic heterocycles. The maximum atomic E-state index is 12.2. The SMILES string of the molecule is CC.CC.CCCCCC/C=C\C1CC1C(=O)NSC1CC1.COc1ccc2c(O[C@@H]3CC(C(N)=O)N(C(=O)C[NH3+])C3)cc(OC(C)C)nc2c1C. The van der Waals surface area contributed by atoms with Gasteiger partial charge < -0.3 is 30.6 Å². The van der Waals surface area contributed by atoms with Crippen LogP contribution in [0.4, 0.5) is 0 Å². The summed E-state index contributed by atoms with van der Waals surface area (Å²) in [4.78, 5) is 41.9. The number of primary amides is 1. The first-order chi connectivity index (χ1) is 25.1. The lowest BCUT2D eigenvalue weighted by Gasteiger charge is -2.20. The summed E-state index contributed by atoms with van der Waals surface area (Å²) in [5.41, 5.74) is 10.7. The first kappa shape index (κ1) is 44.7. The van der Waals surface area contributed by atoms with Crippen molar-refractivity contribution in [2.24, 2.45) is 17.6 Å². The number of hydrogen-bond acceptors (Lipinski definition) is 8. The van der Waals surface area contributed by atoms with Crippen molar-refractivity contribution in [1.29, 1.82) is 0 Å². The Labute approximate surface area is 316 Å². The van der Waals surface area contributed by atoms with Crippen molar-refractivity contribution in [3.63, 3.8) is 0 Å². The molecule has 4 atom stereocenters. The van der Waals surface area contributed by atoms with Crippen LogP contribution in [0, 0.1) is 18.8 Å². The Hall–Kier alpha value is -3.51. The predicted molar refractivity (Wildman–Crippen MR) is 211 cm³/mol. The highest BCUT2D eigenvalue weighted by Crippen LogP contribution is 2.41. The van der Waals surface area contributed by atoms with Crippen molar-refractivity contribution < 1.29 is 34.3 Å². The molecule has 0 bridgehead atoms. The van der Waals surface area contributed by atoms with Crippen LogP contribution in [0.1, 0.15) is 112 Å². The molecule has 0 radical (unpaired) electrons. The van der Waals surface area contributed by atoms with Crippen LogP contribution in [0.5, 0.6) is 17.4 Å². The number of fused-ring (bicyclic) bond motifs is 1. The largest absolute Gasteiger partial charge is 0.496 e. The van der Waals surface area contributed by atoms with Crippen LogP contribution in [0.3, 0.4) is 0 Å². The standard InChI is InChI=1S/C21H28N4O5.C15H25NOS.2C2H6/c1-11(2)29-18-8-17(14-5-6-16(28-4)12(3)20(14)24-18)30-13-7-15(21(23)27)25(10-13)19(26)9-22;1-2-3-4-5-6-7-8-12-11-14(12)15(17)16-18-13-9-10-13;2*1-2/h5-6,8,11,13,15H,7,9-10,22H2,1-4H3,(H2,23,27);7-8,12-14H,2-6,9-11H2,1H3,(H,16,17);2*1-2H3/p+1/b;8-7-;;/t13-,15?;;;/m1.../s1. The van der Waals surface area contributed by atoms with Crippen molar-refractivity contribution >= 4 is 40.6 Å². The van der Waals surface area contributed by atoms with Gasteiger partial charge in [0.25, 0.3) is 5.91 Å². The number of benzene rings is 1. The zero-order valence-corrected chi connectivity index (χ0v) is 34.0. The number of nitrogens with two attached hydrogens (primary N) is 1. The second-order valence-electron chi connectivity index (χ2n) is 13.2. The number of amides is 3. The summed E-state index contributed by atoms with van der Waals surface area (Å²) < 4.78 is 20.5. The van der Waals surface area contributed by atoms with Gasteiger partial charge in [-0.05, 0) is 82.9 Å². The number of carbonyl (C=O) groups is 3. The van der Waals surface area contributed by atoms with Gasteiger partial charge >= 0.3 is 0 Å². The van der Waals surface area contributed by atoms with E-state index >= 15 is 0 Å². The third kappa shape index (κ3) is 13.8. The lowest BCUT2D eigenvalue weighted by molar-refractivity contribution is -0.357. The quantitative estimate of drug-likeness (QED) is 0.0992. The van der Waals surface area contributed by atoms with Crippen LogP contribution in [0.15, 0.2) is 30.4 Å². The number of methoxy groups -OCH3 is 1. The number of likely N-dealkylation sites (tertiary alicyclic amines) is 1. The maximum absolute atomic E-state index is 12.2. The lowest BCUT2D eigenvalue weighted by atomic mass is 10.1. The van der Waals surface area contributed by atoms with Crippen molar-refractivity contribution in [1.82, 2.24) is 14.6 Å².